The molecule has 280 valence electrons. The van der Waals surface area contributed by atoms with Crippen molar-refractivity contribution in [1.82, 2.24) is 9.13 Å². The lowest BCUT2D eigenvalue weighted by molar-refractivity contribution is 0.661. The molecular formula is C58H38N2. The third-order valence-electron chi connectivity index (χ3n) is 14.5. The second-order valence-corrected chi connectivity index (χ2v) is 17.6. The number of hydrogen-bond acceptors (Lipinski definition) is 0. The summed E-state index contributed by atoms with van der Waals surface area (Å²) in [7, 11) is 0. The molecule has 0 saturated carbocycles. The third-order valence-corrected chi connectivity index (χ3v) is 14.5. The Morgan fingerprint density at radius 1 is 0.317 bits per heavy atom. The average molecular weight is 763 g/mol. The smallest absolute Gasteiger partial charge is 0.0746 e. The van der Waals surface area contributed by atoms with Crippen LogP contribution in [0.5, 0.6) is 0 Å². The second-order valence-electron chi connectivity index (χ2n) is 17.6. The molecule has 2 aromatic heterocycles. The number of fused-ring (bicyclic) bond motifs is 20. The zero-order valence-electron chi connectivity index (χ0n) is 33.4. The van der Waals surface area contributed by atoms with Gasteiger partial charge in [-0.15, -0.1) is 0 Å². The highest BCUT2D eigenvalue weighted by atomic mass is 15.0. The van der Waals surface area contributed by atoms with Crippen LogP contribution in [-0.4, -0.2) is 9.13 Å². The van der Waals surface area contributed by atoms with E-state index in [1.807, 2.05) is 0 Å². The van der Waals surface area contributed by atoms with E-state index in [1.54, 1.807) is 0 Å². The van der Waals surface area contributed by atoms with Crippen molar-refractivity contribution in [2.24, 2.45) is 0 Å². The van der Waals surface area contributed by atoms with Gasteiger partial charge < -0.3 is 9.13 Å². The number of rotatable bonds is 2. The van der Waals surface area contributed by atoms with Gasteiger partial charge in [0, 0.05) is 43.9 Å². The molecule has 2 heteroatoms. The molecule has 1 spiro atoms. The summed E-state index contributed by atoms with van der Waals surface area (Å²) < 4.78 is 5.08. The summed E-state index contributed by atoms with van der Waals surface area (Å²) in [5.74, 6) is 0. The van der Waals surface area contributed by atoms with Crippen LogP contribution in [0.15, 0.2) is 194 Å². The summed E-state index contributed by atoms with van der Waals surface area (Å²) in [5.41, 5.74) is 22.9. The van der Waals surface area contributed by atoms with E-state index in [1.165, 1.54) is 122 Å². The van der Waals surface area contributed by atoms with Gasteiger partial charge >= 0.3 is 0 Å². The molecule has 3 aliphatic carbocycles. The first kappa shape index (κ1) is 32.5. The molecule has 14 rings (SSSR count). The molecule has 11 aromatic rings. The van der Waals surface area contributed by atoms with Gasteiger partial charge in [-0.05, 0) is 110 Å². The lowest BCUT2D eigenvalue weighted by Crippen LogP contribution is -2.26. The number of hydrogen-bond donors (Lipinski definition) is 0. The maximum absolute atomic E-state index is 2.59. The zero-order chi connectivity index (χ0) is 39.5. The fourth-order valence-corrected chi connectivity index (χ4v) is 12.1. The topological polar surface area (TPSA) is 9.86 Å². The Labute approximate surface area is 348 Å². The minimum Gasteiger partial charge on any atom is -0.309 e. The van der Waals surface area contributed by atoms with Crippen LogP contribution in [0, 0.1) is 0 Å². The van der Waals surface area contributed by atoms with Crippen LogP contribution in [0.2, 0.25) is 0 Å². The quantitative estimate of drug-likeness (QED) is 0.166. The average Bonchev–Trinajstić information content (AvgIpc) is 4.05. The monoisotopic (exact) mass is 762 g/mol. The van der Waals surface area contributed by atoms with Gasteiger partial charge in [0.15, 0.2) is 0 Å². The maximum Gasteiger partial charge on any atom is 0.0746 e. The molecule has 60 heavy (non-hydrogen) atoms. The largest absolute Gasteiger partial charge is 0.309 e. The van der Waals surface area contributed by atoms with E-state index in [0.29, 0.717) is 0 Å². The fraction of sp³-hybridized carbons (Fsp3) is 0.0690. The zero-order valence-corrected chi connectivity index (χ0v) is 33.4. The molecule has 0 bridgehead atoms. The van der Waals surface area contributed by atoms with Crippen molar-refractivity contribution in [1.29, 1.82) is 0 Å². The van der Waals surface area contributed by atoms with Crippen LogP contribution >= 0.6 is 0 Å². The molecule has 3 aliphatic rings. The van der Waals surface area contributed by atoms with Gasteiger partial charge in [0.2, 0.25) is 0 Å². The molecular weight excluding hydrogens is 725 g/mol. The first-order chi connectivity index (χ1) is 29.5. The number of para-hydroxylation sites is 2. The van der Waals surface area contributed by atoms with Crippen LogP contribution in [0.4, 0.5) is 0 Å². The van der Waals surface area contributed by atoms with Crippen LogP contribution in [0.25, 0.3) is 88.4 Å². The summed E-state index contributed by atoms with van der Waals surface area (Å²) >= 11 is 0. The fourth-order valence-electron chi connectivity index (χ4n) is 12.1. The summed E-state index contributed by atoms with van der Waals surface area (Å²) in [5, 5.41) is 5.08. The Balaban J connectivity index is 1.13. The van der Waals surface area contributed by atoms with E-state index in [-0.39, 0.29) is 5.41 Å². The standard InChI is InChI=1S/C58H38N2/c1-57(2)47-23-11-6-21-40(47)44-33-46-45-32-36(28-31-53(45)59(54(46)34-51(44)57)35-16-4-3-5-17-35)60-52-27-15-10-22-41(52)43-30-29-42-39-20-9-14-26-50(39)58(55(42)56(43)60)48-24-12-7-18-37(48)38-19-8-13-25-49(38)58/h3-34H,1-2H3. The number of nitrogens with zero attached hydrogens (tertiary/aromatic N) is 2. The normalized spacial score (nSPS) is 14.8. The highest BCUT2D eigenvalue weighted by Crippen LogP contribution is 2.64. The Bertz CT molecular complexity index is 3620. The molecule has 0 saturated heterocycles. The highest BCUT2D eigenvalue weighted by molar-refractivity contribution is 6.16. The Hall–Kier alpha value is -7.42. The molecule has 0 amide bonds. The van der Waals surface area contributed by atoms with Crippen LogP contribution in [0.3, 0.4) is 0 Å². The van der Waals surface area contributed by atoms with Crippen LogP contribution < -0.4 is 0 Å². The maximum atomic E-state index is 2.59. The second kappa shape index (κ2) is 11.2. The van der Waals surface area contributed by atoms with Crippen molar-refractivity contribution in [3.8, 4) is 44.8 Å². The predicted octanol–water partition coefficient (Wildman–Crippen LogP) is 14.5. The van der Waals surface area contributed by atoms with E-state index in [2.05, 4.69) is 217 Å². The van der Waals surface area contributed by atoms with Gasteiger partial charge in [0.1, 0.15) is 0 Å². The molecule has 0 unspecified atom stereocenters. The Kier molecular flexibility index (Phi) is 6.07. The lowest BCUT2D eigenvalue weighted by atomic mass is 9.70. The summed E-state index contributed by atoms with van der Waals surface area (Å²) in [6.45, 7) is 4.76. The number of aromatic nitrogens is 2. The molecule has 0 atom stereocenters. The summed E-state index contributed by atoms with van der Waals surface area (Å²) in [6.07, 6.45) is 0. The Morgan fingerprint density at radius 3 is 1.57 bits per heavy atom. The predicted molar refractivity (Wildman–Crippen MR) is 249 cm³/mol. The third kappa shape index (κ3) is 3.77. The molecule has 2 nitrogen and oxygen atoms in total. The first-order valence-corrected chi connectivity index (χ1v) is 21.2. The van der Waals surface area contributed by atoms with E-state index < -0.39 is 5.41 Å². The van der Waals surface area contributed by atoms with E-state index in [0.717, 1.165) is 0 Å². The van der Waals surface area contributed by atoms with Crippen molar-refractivity contribution in [2.75, 3.05) is 0 Å². The van der Waals surface area contributed by atoms with Crippen molar-refractivity contribution >= 4 is 43.6 Å². The molecule has 2 heterocycles. The van der Waals surface area contributed by atoms with E-state index >= 15 is 0 Å². The SMILES string of the molecule is CC1(C)c2ccccc2-c2cc3c4cc(-n5c6ccccc6c6ccc7c(c65)C5(c6ccccc6-c6ccccc65)c5ccccc5-7)ccc4n(-c4ccccc4)c3cc21. The van der Waals surface area contributed by atoms with Crippen molar-refractivity contribution in [2.45, 2.75) is 24.7 Å². The minimum absolute atomic E-state index is 0.0996. The van der Waals surface area contributed by atoms with E-state index in [9.17, 15) is 0 Å². The van der Waals surface area contributed by atoms with Gasteiger partial charge in [0.05, 0.1) is 27.5 Å². The van der Waals surface area contributed by atoms with Crippen molar-refractivity contribution in [3.05, 3.63) is 228 Å². The molecule has 0 fully saturated rings. The lowest BCUT2D eigenvalue weighted by Gasteiger charge is -2.31. The highest BCUT2D eigenvalue weighted by Gasteiger charge is 2.53. The molecule has 0 N–H and O–H groups in total. The molecule has 0 aliphatic heterocycles. The van der Waals surface area contributed by atoms with E-state index in [4.69, 9.17) is 0 Å². The van der Waals surface area contributed by atoms with Crippen molar-refractivity contribution in [3.63, 3.8) is 0 Å². The van der Waals surface area contributed by atoms with Crippen molar-refractivity contribution < 1.29 is 0 Å². The van der Waals surface area contributed by atoms with Gasteiger partial charge in [-0.2, -0.15) is 0 Å². The minimum atomic E-state index is -0.473. The Morgan fingerprint density at radius 2 is 0.867 bits per heavy atom. The number of benzene rings is 9. The van der Waals surface area contributed by atoms with Gasteiger partial charge in [-0.25, -0.2) is 0 Å². The molecule has 9 aromatic carbocycles. The van der Waals surface area contributed by atoms with Crippen LogP contribution in [-0.2, 0) is 10.8 Å². The summed E-state index contributed by atoms with van der Waals surface area (Å²) in [4.78, 5) is 0. The first-order valence-electron chi connectivity index (χ1n) is 21.2. The van der Waals surface area contributed by atoms with Gasteiger partial charge in [0.25, 0.3) is 0 Å². The summed E-state index contributed by atoms with van der Waals surface area (Å²) in [6, 6.07) is 73.3. The van der Waals surface area contributed by atoms with Crippen LogP contribution in [0.1, 0.15) is 47.2 Å². The van der Waals surface area contributed by atoms with Gasteiger partial charge in [-0.3, -0.25) is 0 Å². The van der Waals surface area contributed by atoms with Gasteiger partial charge in [-0.1, -0.05) is 159 Å². The molecule has 0 radical (unpaired) electrons.